The zero-order valence-corrected chi connectivity index (χ0v) is 16.1. The maximum Gasteiger partial charge on any atom is 0.335 e. The summed E-state index contributed by atoms with van der Waals surface area (Å²) in [5, 5.41) is 13.2. The van der Waals surface area contributed by atoms with E-state index >= 15 is 0 Å². The number of carbonyl (C=O) groups is 1. The fourth-order valence-corrected chi connectivity index (χ4v) is 3.87. The lowest BCUT2D eigenvalue weighted by molar-refractivity contribution is 0.0694. The van der Waals surface area contributed by atoms with Crippen molar-refractivity contribution in [2.45, 2.75) is 64.3 Å². The Bertz CT molecular complexity index is 592. The third-order valence-electron chi connectivity index (χ3n) is 5.30. The number of hydrogen-bond donors (Lipinski definition) is 2. The molecule has 0 radical (unpaired) electrons. The van der Waals surface area contributed by atoms with Crippen LogP contribution >= 0.6 is 0 Å². The number of hydrogen-bond acceptors (Lipinski definition) is 3. The summed E-state index contributed by atoms with van der Waals surface area (Å²) in [5.41, 5.74) is 2.47. The van der Waals surface area contributed by atoms with Crippen LogP contribution < -0.4 is 5.32 Å². The third-order valence-corrected chi connectivity index (χ3v) is 9.80. The average molecular weight is 336 g/mol. The van der Waals surface area contributed by atoms with Gasteiger partial charge in [-0.05, 0) is 48.7 Å². The second kappa shape index (κ2) is 6.38. The fourth-order valence-electron chi connectivity index (χ4n) is 2.82. The first-order valence-electron chi connectivity index (χ1n) is 8.28. The molecule has 0 saturated heterocycles. The number of nitrogens with one attached hydrogen (secondary N) is 1. The average Bonchev–Trinajstić information content (AvgIpc) is 2.43. The molecule has 2 N–H and O–H groups in total. The van der Waals surface area contributed by atoms with Crippen molar-refractivity contribution in [2.24, 2.45) is 0 Å². The first-order chi connectivity index (χ1) is 10.5. The number of benzene rings is 1. The molecule has 0 unspecified atom stereocenters. The monoisotopic (exact) mass is 335 g/mol. The van der Waals surface area contributed by atoms with Gasteiger partial charge in [0, 0.05) is 18.7 Å². The summed E-state index contributed by atoms with van der Waals surface area (Å²) in [6, 6.07) is 5.85. The largest absolute Gasteiger partial charge is 0.478 e. The van der Waals surface area contributed by atoms with Crippen LogP contribution in [0, 0.1) is 0 Å². The molecule has 128 valence electrons. The minimum atomic E-state index is -1.79. The van der Waals surface area contributed by atoms with Gasteiger partial charge in [0.2, 0.25) is 0 Å². The van der Waals surface area contributed by atoms with Gasteiger partial charge in [-0.25, -0.2) is 4.79 Å². The molecule has 0 spiro atoms. The lowest BCUT2D eigenvalue weighted by atomic mass is 9.88. The summed E-state index contributed by atoms with van der Waals surface area (Å²) < 4.78 is 6.33. The second-order valence-electron chi connectivity index (χ2n) is 8.04. The van der Waals surface area contributed by atoms with Gasteiger partial charge in [-0.1, -0.05) is 32.9 Å². The molecule has 4 nitrogen and oxygen atoms in total. The Hall–Kier alpha value is -1.17. The van der Waals surface area contributed by atoms with Crippen molar-refractivity contribution in [3.05, 3.63) is 34.9 Å². The molecule has 2 atom stereocenters. The highest BCUT2D eigenvalue weighted by molar-refractivity contribution is 6.74. The molecule has 0 aliphatic carbocycles. The van der Waals surface area contributed by atoms with Gasteiger partial charge in [-0.3, -0.25) is 0 Å². The molecule has 1 heterocycles. The lowest BCUT2D eigenvalue weighted by Gasteiger charge is -2.39. The van der Waals surface area contributed by atoms with Crippen molar-refractivity contribution in [1.82, 2.24) is 5.32 Å². The normalized spacial score (nSPS) is 21.8. The number of carboxylic acids is 1. The molecule has 1 aliphatic rings. The molecule has 0 saturated carbocycles. The van der Waals surface area contributed by atoms with E-state index in [2.05, 4.69) is 46.1 Å². The van der Waals surface area contributed by atoms with Crippen molar-refractivity contribution in [3.63, 3.8) is 0 Å². The van der Waals surface area contributed by atoms with E-state index in [1.807, 2.05) is 12.1 Å². The van der Waals surface area contributed by atoms with Gasteiger partial charge in [0.05, 0.1) is 5.56 Å². The molecule has 0 bridgehead atoms. The van der Waals surface area contributed by atoms with Crippen molar-refractivity contribution in [3.8, 4) is 0 Å². The number of fused-ring (bicyclic) bond motifs is 1. The van der Waals surface area contributed by atoms with Crippen molar-refractivity contribution < 1.29 is 14.3 Å². The van der Waals surface area contributed by atoms with Crippen LogP contribution in [-0.4, -0.2) is 32.0 Å². The van der Waals surface area contributed by atoms with Crippen LogP contribution in [0.15, 0.2) is 18.2 Å². The fraction of sp³-hybridized carbons (Fsp3) is 0.611. The van der Waals surface area contributed by atoms with Gasteiger partial charge in [-0.2, -0.15) is 0 Å². The van der Waals surface area contributed by atoms with E-state index in [1.165, 1.54) is 0 Å². The predicted octanol–water partition coefficient (Wildman–Crippen LogP) is 3.98. The maximum atomic E-state index is 11.5. The van der Waals surface area contributed by atoms with Gasteiger partial charge in [0.15, 0.2) is 8.32 Å². The highest BCUT2D eigenvalue weighted by Gasteiger charge is 2.38. The first kappa shape index (κ1) is 18.2. The molecule has 2 rings (SSSR count). The Labute approximate surface area is 140 Å². The zero-order chi connectivity index (χ0) is 17.4. The van der Waals surface area contributed by atoms with E-state index in [0.29, 0.717) is 18.6 Å². The van der Waals surface area contributed by atoms with Crippen molar-refractivity contribution >= 4 is 14.3 Å². The summed E-state index contributed by atoms with van der Waals surface area (Å²) in [6.45, 7) is 13.9. The van der Waals surface area contributed by atoms with Crippen LogP contribution in [-0.2, 0) is 10.8 Å². The maximum absolute atomic E-state index is 11.5. The molecular weight excluding hydrogens is 306 g/mol. The van der Waals surface area contributed by atoms with E-state index < -0.39 is 14.3 Å². The molecule has 23 heavy (non-hydrogen) atoms. The van der Waals surface area contributed by atoms with Gasteiger partial charge in [0.25, 0.3) is 0 Å². The number of rotatable bonds is 4. The molecule has 1 aromatic carbocycles. The Morgan fingerprint density at radius 2 is 2.04 bits per heavy atom. The summed E-state index contributed by atoms with van der Waals surface area (Å²) in [7, 11) is -1.79. The summed E-state index contributed by atoms with van der Waals surface area (Å²) in [5.74, 6) is -0.847. The Kier molecular flexibility index (Phi) is 5.04. The third kappa shape index (κ3) is 3.84. The number of carboxylic acid groups (broad SMARTS) is 1. The van der Waals surface area contributed by atoms with Crippen molar-refractivity contribution in [1.29, 1.82) is 0 Å². The number of aromatic carboxylic acids is 1. The lowest BCUT2D eigenvalue weighted by Crippen LogP contribution is -2.47. The topological polar surface area (TPSA) is 58.6 Å². The standard InChI is InChI=1S/C18H29NO3Si/c1-12-14-8-7-9-15(17(20)21)16(14)10-13(19-12)11-22-23(5,6)18(2,3)4/h7-9,12-13,19H,10-11H2,1-6H3,(H,20,21)/t12-,13+/m0/s1. The van der Waals surface area contributed by atoms with Crippen LogP contribution in [0.25, 0.3) is 0 Å². The van der Waals surface area contributed by atoms with Crippen LogP contribution in [0.2, 0.25) is 18.1 Å². The van der Waals surface area contributed by atoms with E-state index in [0.717, 1.165) is 11.1 Å². The molecule has 0 aromatic heterocycles. The summed E-state index contributed by atoms with van der Waals surface area (Å²) in [4.78, 5) is 11.5. The minimum absolute atomic E-state index is 0.145. The van der Waals surface area contributed by atoms with Crippen molar-refractivity contribution in [2.75, 3.05) is 6.61 Å². The molecule has 1 aliphatic heterocycles. The quantitative estimate of drug-likeness (QED) is 0.817. The molecular formula is C18H29NO3Si. The highest BCUT2D eigenvalue weighted by atomic mass is 28.4. The molecule has 5 heteroatoms. The van der Waals surface area contributed by atoms with Crippen LogP contribution in [0.1, 0.15) is 55.2 Å². The summed E-state index contributed by atoms with van der Waals surface area (Å²) in [6.07, 6.45) is 0.705. The Morgan fingerprint density at radius 1 is 1.39 bits per heavy atom. The highest BCUT2D eigenvalue weighted by Crippen LogP contribution is 2.37. The van der Waals surface area contributed by atoms with E-state index in [-0.39, 0.29) is 17.1 Å². The second-order valence-corrected chi connectivity index (χ2v) is 12.8. The van der Waals surface area contributed by atoms with Crippen LogP contribution in [0.4, 0.5) is 0 Å². The van der Waals surface area contributed by atoms with E-state index in [4.69, 9.17) is 4.43 Å². The molecule has 0 fully saturated rings. The Balaban J connectivity index is 2.16. The molecule has 0 amide bonds. The SMILES string of the molecule is C[C@@H]1N[C@@H](CO[Si](C)(C)C(C)(C)C)Cc2c(C(=O)O)cccc21. The van der Waals surface area contributed by atoms with E-state index in [9.17, 15) is 9.90 Å². The predicted molar refractivity (Wildman–Crippen MR) is 95.6 cm³/mol. The summed E-state index contributed by atoms with van der Waals surface area (Å²) >= 11 is 0. The van der Waals surface area contributed by atoms with E-state index in [1.54, 1.807) is 6.07 Å². The minimum Gasteiger partial charge on any atom is -0.478 e. The van der Waals surface area contributed by atoms with Gasteiger partial charge < -0.3 is 14.8 Å². The zero-order valence-electron chi connectivity index (χ0n) is 15.1. The van der Waals surface area contributed by atoms with Gasteiger partial charge >= 0.3 is 5.97 Å². The van der Waals surface area contributed by atoms with Crippen LogP contribution in [0.5, 0.6) is 0 Å². The first-order valence-corrected chi connectivity index (χ1v) is 11.2. The molecule has 1 aromatic rings. The Morgan fingerprint density at radius 3 is 2.61 bits per heavy atom. The van der Waals surface area contributed by atoms with Gasteiger partial charge in [-0.15, -0.1) is 0 Å². The smallest absolute Gasteiger partial charge is 0.335 e. The van der Waals surface area contributed by atoms with Gasteiger partial charge in [0.1, 0.15) is 0 Å². The van der Waals surface area contributed by atoms with Crippen LogP contribution in [0.3, 0.4) is 0 Å².